The average molecular weight is 233 g/mol. The lowest BCUT2D eigenvalue weighted by Crippen LogP contribution is -2.10. The number of benzene rings is 1. The second-order valence-corrected chi connectivity index (χ2v) is 4.90. The molecule has 0 saturated carbocycles. The van der Waals surface area contributed by atoms with Crippen molar-refractivity contribution in [2.24, 2.45) is 0 Å². The van der Waals surface area contributed by atoms with E-state index in [2.05, 4.69) is 48.2 Å². The standard InChI is InChI=1S/C12H15N3S/c1-15(2)7-9-3-5-10(6-4-9)11-8-16-12(13)14-11/h3-6,8H,7H2,1-2H3,(H2,13,14). The summed E-state index contributed by atoms with van der Waals surface area (Å²) in [5.74, 6) is 0. The zero-order valence-electron chi connectivity index (χ0n) is 9.47. The number of thiazole rings is 1. The van der Waals surface area contributed by atoms with Gasteiger partial charge in [-0.15, -0.1) is 11.3 Å². The van der Waals surface area contributed by atoms with E-state index in [1.54, 1.807) is 0 Å². The summed E-state index contributed by atoms with van der Waals surface area (Å²) in [4.78, 5) is 6.41. The third kappa shape index (κ3) is 2.59. The van der Waals surface area contributed by atoms with E-state index in [0.29, 0.717) is 5.13 Å². The van der Waals surface area contributed by atoms with Gasteiger partial charge >= 0.3 is 0 Å². The fraction of sp³-hybridized carbons (Fsp3) is 0.250. The molecule has 0 saturated heterocycles. The minimum atomic E-state index is 0.618. The van der Waals surface area contributed by atoms with Gasteiger partial charge in [0, 0.05) is 17.5 Å². The predicted molar refractivity (Wildman–Crippen MR) is 69.4 cm³/mol. The molecule has 1 heterocycles. The number of rotatable bonds is 3. The maximum absolute atomic E-state index is 5.61. The molecule has 84 valence electrons. The molecule has 0 bridgehead atoms. The van der Waals surface area contributed by atoms with Gasteiger partial charge in [0.2, 0.25) is 0 Å². The summed E-state index contributed by atoms with van der Waals surface area (Å²) in [7, 11) is 4.13. The van der Waals surface area contributed by atoms with Crippen molar-refractivity contribution in [1.82, 2.24) is 9.88 Å². The Morgan fingerprint density at radius 3 is 2.44 bits per heavy atom. The smallest absolute Gasteiger partial charge is 0.180 e. The van der Waals surface area contributed by atoms with Crippen LogP contribution in [0.3, 0.4) is 0 Å². The van der Waals surface area contributed by atoms with Crippen molar-refractivity contribution in [1.29, 1.82) is 0 Å². The molecule has 2 aromatic rings. The van der Waals surface area contributed by atoms with Crippen molar-refractivity contribution in [3.8, 4) is 11.3 Å². The molecule has 0 radical (unpaired) electrons. The average Bonchev–Trinajstić information content (AvgIpc) is 2.65. The van der Waals surface area contributed by atoms with Gasteiger partial charge in [-0.25, -0.2) is 4.98 Å². The molecule has 4 heteroatoms. The zero-order valence-corrected chi connectivity index (χ0v) is 10.3. The van der Waals surface area contributed by atoms with Gasteiger partial charge in [0.15, 0.2) is 5.13 Å². The molecule has 0 amide bonds. The molecule has 0 aliphatic carbocycles. The maximum Gasteiger partial charge on any atom is 0.180 e. The van der Waals surface area contributed by atoms with E-state index >= 15 is 0 Å². The minimum Gasteiger partial charge on any atom is -0.375 e. The molecule has 16 heavy (non-hydrogen) atoms. The Kier molecular flexibility index (Phi) is 3.22. The van der Waals surface area contributed by atoms with Crippen LogP contribution in [0.1, 0.15) is 5.56 Å². The summed E-state index contributed by atoms with van der Waals surface area (Å²) in [6.07, 6.45) is 0. The van der Waals surface area contributed by atoms with Crippen LogP contribution in [0.25, 0.3) is 11.3 Å². The topological polar surface area (TPSA) is 42.1 Å². The number of nitrogens with two attached hydrogens (primary N) is 1. The lowest BCUT2D eigenvalue weighted by Gasteiger charge is -2.09. The Labute approximate surface area is 99.5 Å². The van der Waals surface area contributed by atoms with E-state index < -0.39 is 0 Å². The van der Waals surface area contributed by atoms with Crippen LogP contribution >= 0.6 is 11.3 Å². The number of nitrogen functional groups attached to an aromatic ring is 1. The van der Waals surface area contributed by atoms with Gasteiger partial charge in [-0.2, -0.15) is 0 Å². The van der Waals surface area contributed by atoms with Crippen LogP contribution in [0, 0.1) is 0 Å². The van der Waals surface area contributed by atoms with E-state index in [1.165, 1.54) is 16.9 Å². The van der Waals surface area contributed by atoms with Crippen molar-refractivity contribution in [3.05, 3.63) is 35.2 Å². The first-order valence-electron chi connectivity index (χ1n) is 5.10. The van der Waals surface area contributed by atoms with E-state index in [-0.39, 0.29) is 0 Å². The highest BCUT2D eigenvalue weighted by molar-refractivity contribution is 7.13. The van der Waals surface area contributed by atoms with Crippen LogP contribution in [-0.2, 0) is 6.54 Å². The van der Waals surface area contributed by atoms with Crippen molar-refractivity contribution in [2.45, 2.75) is 6.54 Å². The summed E-state index contributed by atoms with van der Waals surface area (Å²) in [6, 6.07) is 8.44. The molecule has 0 atom stereocenters. The number of anilines is 1. The van der Waals surface area contributed by atoms with Crippen LogP contribution in [0.15, 0.2) is 29.6 Å². The highest BCUT2D eigenvalue weighted by atomic mass is 32.1. The van der Waals surface area contributed by atoms with E-state index in [4.69, 9.17) is 5.73 Å². The molecular weight excluding hydrogens is 218 g/mol. The molecule has 0 unspecified atom stereocenters. The summed E-state index contributed by atoms with van der Waals surface area (Å²) in [5.41, 5.74) is 8.99. The van der Waals surface area contributed by atoms with Gasteiger partial charge in [-0.3, -0.25) is 0 Å². The molecule has 2 rings (SSSR count). The summed E-state index contributed by atoms with van der Waals surface area (Å²) < 4.78 is 0. The summed E-state index contributed by atoms with van der Waals surface area (Å²) in [5, 5.41) is 2.60. The molecule has 2 N–H and O–H groups in total. The fourth-order valence-electron chi connectivity index (χ4n) is 1.57. The molecule has 3 nitrogen and oxygen atoms in total. The largest absolute Gasteiger partial charge is 0.375 e. The first-order chi connectivity index (χ1) is 7.65. The SMILES string of the molecule is CN(C)Cc1ccc(-c2csc(N)n2)cc1. The van der Waals surface area contributed by atoms with Crippen LogP contribution in [0.5, 0.6) is 0 Å². The van der Waals surface area contributed by atoms with Crippen molar-refractivity contribution in [2.75, 3.05) is 19.8 Å². The van der Waals surface area contributed by atoms with Gasteiger partial charge < -0.3 is 10.6 Å². The normalized spacial score (nSPS) is 10.9. The van der Waals surface area contributed by atoms with Crippen molar-refractivity contribution >= 4 is 16.5 Å². The van der Waals surface area contributed by atoms with E-state index in [1.807, 2.05) is 5.38 Å². The van der Waals surface area contributed by atoms with Gasteiger partial charge in [0.05, 0.1) is 5.69 Å². The summed E-state index contributed by atoms with van der Waals surface area (Å²) in [6.45, 7) is 0.958. The number of hydrogen-bond donors (Lipinski definition) is 1. The monoisotopic (exact) mass is 233 g/mol. The highest BCUT2D eigenvalue weighted by Gasteiger charge is 2.02. The van der Waals surface area contributed by atoms with Gasteiger partial charge in [0.25, 0.3) is 0 Å². The van der Waals surface area contributed by atoms with Crippen LogP contribution in [0.2, 0.25) is 0 Å². The quantitative estimate of drug-likeness (QED) is 0.885. The maximum atomic E-state index is 5.61. The minimum absolute atomic E-state index is 0.618. The third-order valence-electron chi connectivity index (χ3n) is 2.27. The molecule has 0 aliphatic rings. The van der Waals surface area contributed by atoms with Gasteiger partial charge in [0.1, 0.15) is 0 Å². The number of nitrogens with zero attached hydrogens (tertiary/aromatic N) is 2. The lowest BCUT2D eigenvalue weighted by molar-refractivity contribution is 0.402. The van der Waals surface area contributed by atoms with Crippen LogP contribution < -0.4 is 5.73 Å². The Bertz CT molecular complexity index is 459. The van der Waals surface area contributed by atoms with Crippen molar-refractivity contribution < 1.29 is 0 Å². The molecular formula is C12H15N3S. The van der Waals surface area contributed by atoms with E-state index in [0.717, 1.165) is 17.8 Å². The summed E-state index contributed by atoms with van der Waals surface area (Å²) >= 11 is 1.47. The Hall–Kier alpha value is -1.39. The van der Waals surface area contributed by atoms with Crippen molar-refractivity contribution in [3.63, 3.8) is 0 Å². The first-order valence-corrected chi connectivity index (χ1v) is 5.98. The lowest BCUT2D eigenvalue weighted by atomic mass is 10.1. The zero-order chi connectivity index (χ0) is 11.5. The van der Waals surface area contributed by atoms with Crippen LogP contribution in [0.4, 0.5) is 5.13 Å². The molecule has 0 fully saturated rings. The van der Waals surface area contributed by atoms with Gasteiger partial charge in [-0.05, 0) is 19.7 Å². The third-order valence-corrected chi connectivity index (χ3v) is 2.94. The molecule has 1 aromatic carbocycles. The van der Waals surface area contributed by atoms with Gasteiger partial charge in [-0.1, -0.05) is 24.3 Å². The number of hydrogen-bond acceptors (Lipinski definition) is 4. The first kappa shape index (κ1) is 11.1. The fourth-order valence-corrected chi connectivity index (χ4v) is 2.14. The highest BCUT2D eigenvalue weighted by Crippen LogP contribution is 2.23. The molecule has 0 spiro atoms. The Morgan fingerprint density at radius 2 is 1.94 bits per heavy atom. The van der Waals surface area contributed by atoms with Crippen LogP contribution in [-0.4, -0.2) is 24.0 Å². The molecule has 1 aromatic heterocycles. The Morgan fingerprint density at radius 1 is 1.25 bits per heavy atom. The number of aromatic nitrogens is 1. The van der Waals surface area contributed by atoms with E-state index in [9.17, 15) is 0 Å². The Balaban J connectivity index is 2.19. The molecule has 0 aliphatic heterocycles. The second-order valence-electron chi connectivity index (χ2n) is 4.01. The predicted octanol–water partition coefficient (Wildman–Crippen LogP) is 2.45. The second kappa shape index (κ2) is 4.63.